The van der Waals surface area contributed by atoms with Crippen molar-refractivity contribution in [2.75, 3.05) is 33.2 Å². The molecule has 0 saturated carbocycles. The molecule has 0 bridgehead atoms. The minimum absolute atomic E-state index is 0.253. The molecule has 2 aromatic rings. The molecule has 1 amide bonds. The number of carbonyl (C=O) groups is 2. The van der Waals surface area contributed by atoms with Crippen molar-refractivity contribution in [3.8, 4) is 17.2 Å². The highest BCUT2D eigenvalue weighted by atomic mass is 35.5. The van der Waals surface area contributed by atoms with Gasteiger partial charge in [0.25, 0.3) is 0 Å². The zero-order chi connectivity index (χ0) is 22.1. The Morgan fingerprint density at radius 2 is 1.67 bits per heavy atom. The first-order valence-electron chi connectivity index (χ1n) is 9.18. The molecule has 0 aliphatic rings. The summed E-state index contributed by atoms with van der Waals surface area (Å²) in [6, 6.07) is 9.23. The van der Waals surface area contributed by atoms with Crippen LogP contribution in [-0.4, -0.2) is 50.9 Å². The second-order valence-electron chi connectivity index (χ2n) is 6.38. The number of amides is 1. The molecule has 0 aliphatic heterocycles. The molecule has 0 fully saturated rings. The number of carboxylic acid groups (broad SMARTS) is 1. The topological polar surface area (TPSA) is 106 Å². The van der Waals surface area contributed by atoms with Gasteiger partial charge in [-0.15, -0.1) is 0 Å². The molecule has 3 N–H and O–H groups in total. The van der Waals surface area contributed by atoms with Crippen LogP contribution in [0.25, 0.3) is 0 Å². The van der Waals surface area contributed by atoms with Crippen molar-refractivity contribution in [2.24, 2.45) is 0 Å². The number of hydrogen-bond donors (Lipinski definition) is 3. The maximum Gasteiger partial charge on any atom is 0.321 e. The standard InChI is InChI=1S/C21H25ClN2O6/c1-28-17-7-5-14(22)11-15(17)24-20(25)12-16(21(26)27)23-9-8-13-4-6-18(29-2)19(10-13)30-3/h4-7,10-11,16,23H,8-9,12H2,1-3H3,(H,24,25)(H,26,27)/t16-/m1/s1. The molecule has 0 aromatic heterocycles. The lowest BCUT2D eigenvalue weighted by molar-refractivity contribution is -0.141. The molecular weight excluding hydrogens is 412 g/mol. The molecule has 0 radical (unpaired) electrons. The Morgan fingerprint density at radius 1 is 1.00 bits per heavy atom. The largest absolute Gasteiger partial charge is 0.495 e. The molecule has 9 heteroatoms. The van der Waals surface area contributed by atoms with Gasteiger partial charge in [0.15, 0.2) is 11.5 Å². The predicted molar refractivity (Wildman–Crippen MR) is 114 cm³/mol. The minimum Gasteiger partial charge on any atom is -0.495 e. The molecule has 0 spiro atoms. The van der Waals surface area contributed by atoms with E-state index in [1.54, 1.807) is 38.5 Å². The van der Waals surface area contributed by atoms with Gasteiger partial charge >= 0.3 is 5.97 Å². The number of methoxy groups -OCH3 is 3. The van der Waals surface area contributed by atoms with Crippen LogP contribution < -0.4 is 24.8 Å². The van der Waals surface area contributed by atoms with Gasteiger partial charge in [0, 0.05) is 5.02 Å². The van der Waals surface area contributed by atoms with Crippen molar-refractivity contribution >= 4 is 29.2 Å². The number of nitrogens with one attached hydrogen (secondary N) is 2. The molecule has 162 valence electrons. The fraction of sp³-hybridized carbons (Fsp3) is 0.333. The van der Waals surface area contributed by atoms with Crippen molar-refractivity contribution in [3.05, 3.63) is 47.0 Å². The summed E-state index contributed by atoms with van der Waals surface area (Å²) in [5, 5.41) is 15.4. The predicted octanol–water partition coefficient (Wildman–Crippen LogP) is 2.98. The van der Waals surface area contributed by atoms with Crippen LogP contribution in [0.2, 0.25) is 5.02 Å². The first kappa shape index (κ1) is 23.3. The molecule has 2 rings (SSSR count). The number of anilines is 1. The summed E-state index contributed by atoms with van der Waals surface area (Å²) < 4.78 is 15.6. The SMILES string of the molecule is COc1ccc(Cl)cc1NC(=O)C[C@@H](NCCc1ccc(OC)c(OC)c1)C(=O)O. The van der Waals surface area contributed by atoms with Crippen LogP contribution in [0.1, 0.15) is 12.0 Å². The summed E-state index contributed by atoms with van der Waals surface area (Å²) in [4.78, 5) is 23.9. The lowest BCUT2D eigenvalue weighted by Gasteiger charge is -2.16. The van der Waals surface area contributed by atoms with Gasteiger partial charge in [0.2, 0.25) is 5.91 Å². The maximum absolute atomic E-state index is 12.4. The van der Waals surface area contributed by atoms with E-state index in [1.165, 1.54) is 7.11 Å². The van der Waals surface area contributed by atoms with Gasteiger partial charge in [-0.1, -0.05) is 17.7 Å². The van der Waals surface area contributed by atoms with E-state index < -0.39 is 17.9 Å². The zero-order valence-corrected chi connectivity index (χ0v) is 17.8. The van der Waals surface area contributed by atoms with E-state index >= 15 is 0 Å². The number of carboxylic acids is 1. The highest BCUT2D eigenvalue weighted by Crippen LogP contribution is 2.28. The van der Waals surface area contributed by atoms with Gasteiger partial charge in [0.05, 0.1) is 33.4 Å². The van der Waals surface area contributed by atoms with Gasteiger partial charge < -0.3 is 30.0 Å². The first-order chi connectivity index (χ1) is 14.4. The van der Waals surface area contributed by atoms with Gasteiger partial charge in [-0.2, -0.15) is 0 Å². The van der Waals surface area contributed by atoms with E-state index in [4.69, 9.17) is 25.8 Å². The quantitative estimate of drug-likeness (QED) is 0.497. The van der Waals surface area contributed by atoms with E-state index in [2.05, 4.69) is 10.6 Å². The summed E-state index contributed by atoms with van der Waals surface area (Å²) in [6.45, 7) is 0.361. The lowest BCUT2D eigenvalue weighted by Crippen LogP contribution is -2.40. The Hall–Kier alpha value is -2.97. The molecule has 0 unspecified atom stereocenters. The van der Waals surface area contributed by atoms with E-state index in [1.807, 2.05) is 12.1 Å². The molecule has 8 nitrogen and oxygen atoms in total. The smallest absolute Gasteiger partial charge is 0.321 e. The van der Waals surface area contributed by atoms with Gasteiger partial charge in [-0.05, 0) is 48.9 Å². The highest BCUT2D eigenvalue weighted by Gasteiger charge is 2.21. The summed E-state index contributed by atoms with van der Waals surface area (Å²) >= 11 is 5.95. The molecule has 1 atom stereocenters. The second kappa shape index (κ2) is 11.3. The average molecular weight is 437 g/mol. The summed E-state index contributed by atoms with van der Waals surface area (Å²) in [6.07, 6.45) is 0.296. The van der Waals surface area contributed by atoms with E-state index in [0.717, 1.165) is 5.56 Å². The number of carbonyl (C=O) groups excluding carboxylic acids is 1. The fourth-order valence-electron chi connectivity index (χ4n) is 2.84. The van der Waals surface area contributed by atoms with Gasteiger partial charge in [-0.3, -0.25) is 9.59 Å². The third-order valence-electron chi connectivity index (χ3n) is 4.38. The summed E-state index contributed by atoms with van der Waals surface area (Å²) in [5.41, 5.74) is 1.32. The lowest BCUT2D eigenvalue weighted by atomic mass is 10.1. The van der Waals surface area contributed by atoms with Crippen LogP contribution in [-0.2, 0) is 16.0 Å². The van der Waals surface area contributed by atoms with E-state index in [-0.39, 0.29) is 6.42 Å². The van der Waals surface area contributed by atoms with Crippen molar-refractivity contribution in [1.29, 1.82) is 0 Å². The third kappa shape index (κ3) is 6.53. The Morgan fingerprint density at radius 3 is 2.30 bits per heavy atom. The third-order valence-corrected chi connectivity index (χ3v) is 4.61. The Balaban J connectivity index is 1.94. The zero-order valence-electron chi connectivity index (χ0n) is 17.0. The maximum atomic E-state index is 12.4. The van der Waals surface area contributed by atoms with Crippen LogP contribution in [0.3, 0.4) is 0 Å². The van der Waals surface area contributed by atoms with E-state index in [0.29, 0.717) is 40.9 Å². The number of halogens is 1. The van der Waals surface area contributed by atoms with Crippen molar-refractivity contribution in [2.45, 2.75) is 18.9 Å². The average Bonchev–Trinajstić information content (AvgIpc) is 2.72. The van der Waals surface area contributed by atoms with Gasteiger partial charge in [0.1, 0.15) is 11.8 Å². The highest BCUT2D eigenvalue weighted by molar-refractivity contribution is 6.31. The number of aliphatic carboxylic acids is 1. The molecule has 2 aromatic carbocycles. The fourth-order valence-corrected chi connectivity index (χ4v) is 3.01. The molecule has 0 aliphatic carbocycles. The number of ether oxygens (including phenoxy) is 3. The number of hydrogen-bond acceptors (Lipinski definition) is 6. The molecular formula is C21H25ClN2O6. The van der Waals surface area contributed by atoms with Gasteiger partial charge in [-0.25, -0.2) is 0 Å². The van der Waals surface area contributed by atoms with Crippen LogP contribution in [0, 0.1) is 0 Å². The van der Waals surface area contributed by atoms with Crippen molar-refractivity contribution < 1.29 is 28.9 Å². The van der Waals surface area contributed by atoms with Crippen molar-refractivity contribution in [1.82, 2.24) is 5.32 Å². The Bertz CT molecular complexity index is 890. The Kier molecular flexibility index (Phi) is 8.76. The van der Waals surface area contributed by atoms with Crippen molar-refractivity contribution in [3.63, 3.8) is 0 Å². The molecule has 30 heavy (non-hydrogen) atoms. The number of rotatable bonds is 11. The van der Waals surface area contributed by atoms with Crippen LogP contribution in [0.4, 0.5) is 5.69 Å². The summed E-state index contributed by atoms with van der Waals surface area (Å²) in [5.74, 6) is 0.0588. The molecule has 0 heterocycles. The Labute approximate surface area is 180 Å². The first-order valence-corrected chi connectivity index (χ1v) is 9.56. The molecule has 0 saturated heterocycles. The van der Waals surface area contributed by atoms with Crippen LogP contribution >= 0.6 is 11.6 Å². The second-order valence-corrected chi connectivity index (χ2v) is 6.82. The van der Waals surface area contributed by atoms with Crippen LogP contribution in [0.5, 0.6) is 17.2 Å². The summed E-state index contributed by atoms with van der Waals surface area (Å²) in [7, 11) is 4.57. The number of benzene rings is 2. The van der Waals surface area contributed by atoms with Crippen LogP contribution in [0.15, 0.2) is 36.4 Å². The monoisotopic (exact) mass is 436 g/mol. The minimum atomic E-state index is -1.12. The van der Waals surface area contributed by atoms with E-state index in [9.17, 15) is 14.7 Å². The normalized spacial score (nSPS) is 11.5.